The van der Waals surface area contributed by atoms with Crippen LogP contribution in [-0.4, -0.2) is 18.6 Å². The van der Waals surface area contributed by atoms with Gasteiger partial charge >= 0.3 is 0 Å². The molecular weight excluding hydrogens is 451 g/mol. The average Bonchev–Trinajstić information content (AvgIpc) is 3.24. The first-order valence-electron chi connectivity index (χ1n) is 9.65. The second-order valence-electron chi connectivity index (χ2n) is 7.02. The lowest BCUT2D eigenvalue weighted by molar-refractivity contribution is -0.113. The summed E-state index contributed by atoms with van der Waals surface area (Å²) in [5.41, 5.74) is 2.28. The van der Waals surface area contributed by atoms with Gasteiger partial charge in [0.05, 0.1) is 10.6 Å². The minimum absolute atomic E-state index is 0.0190. The Morgan fingerprint density at radius 1 is 0.938 bits per heavy atom. The van der Waals surface area contributed by atoms with Crippen LogP contribution in [0, 0.1) is 6.92 Å². The van der Waals surface area contributed by atoms with Crippen LogP contribution in [0.25, 0.3) is 6.08 Å². The van der Waals surface area contributed by atoms with Crippen LogP contribution in [0.15, 0.2) is 66.4 Å². The molecular formula is C24H18Cl2N2O4. The molecule has 1 aliphatic heterocycles. The van der Waals surface area contributed by atoms with Gasteiger partial charge in [-0.05, 0) is 60.5 Å². The molecule has 0 saturated carbocycles. The predicted molar refractivity (Wildman–Crippen MR) is 124 cm³/mol. The summed E-state index contributed by atoms with van der Waals surface area (Å²) >= 11 is 12.3. The van der Waals surface area contributed by atoms with E-state index < -0.39 is 11.8 Å². The number of anilines is 1. The van der Waals surface area contributed by atoms with E-state index in [2.05, 4.69) is 10.6 Å². The maximum Gasteiger partial charge on any atom is 0.272 e. The summed E-state index contributed by atoms with van der Waals surface area (Å²) in [6.45, 7) is 2.00. The first kappa shape index (κ1) is 21.7. The third kappa shape index (κ3) is 4.88. The quantitative estimate of drug-likeness (QED) is 0.488. The van der Waals surface area contributed by atoms with Crippen molar-refractivity contribution in [3.05, 3.63) is 93.1 Å². The van der Waals surface area contributed by atoms with Gasteiger partial charge in [0.25, 0.3) is 11.8 Å². The topological polar surface area (TPSA) is 76.7 Å². The molecule has 0 aromatic heterocycles. The lowest BCUT2D eigenvalue weighted by Crippen LogP contribution is -2.31. The number of rotatable bonds is 5. The standard InChI is InChI=1S/C24H18Cl2N2O4/c1-14-6-8-16(12-19(14)26)27-24(30)20(28-23(29)17-4-2-3-5-18(17)25)10-15-7-9-21-22(11-15)32-13-31-21/h2-12H,13H2,1H3,(H,27,30)(H,28,29)/b20-10+. The van der Waals surface area contributed by atoms with Gasteiger partial charge in [-0.3, -0.25) is 9.59 Å². The summed E-state index contributed by atoms with van der Waals surface area (Å²) in [7, 11) is 0. The van der Waals surface area contributed by atoms with Crippen molar-refractivity contribution in [2.75, 3.05) is 12.1 Å². The van der Waals surface area contributed by atoms with Crippen molar-refractivity contribution in [3.8, 4) is 11.5 Å². The number of aryl methyl sites for hydroxylation is 1. The number of hydrogen-bond acceptors (Lipinski definition) is 4. The molecule has 162 valence electrons. The summed E-state index contributed by atoms with van der Waals surface area (Å²) in [5, 5.41) is 6.21. The molecule has 6 nitrogen and oxygen atoms in total. The first-order valence-corrected chi connectivity index (χ1v) is 10.4. The van der Waals surface area contributed by atoms with E-state index in [1.54, 1.807) is 66.7 Å². The van der Waals surface area contributed by atoms with Gasteiger partial charge in [-0.2, -0.15) is 0 Å². The van der Waals surface area contributed by atoms with E-state index in [1.165, 1.54) is 0 Å². The number of benzene rings is 3. The first-order chi connectivity index (χ1) is 15.4. The lowest BCUT2D eigenvalue weighted by atomic mass is 10.1. The summed E-state index contributed by atoms with van der Waals surface area (Å²) in [4.78, 5) is 25.9. The third-order valence-electron chi connectivity index (χ3n) is 4.75. The van der Waals surface area contributed by atoms with Crippen molar-refractivity contribution in [3.63, 3.8) is 0 Å². The Hall–Kier alpha value is -3.48. The maximum absolute atomic E-state index is 13.1. The zero-order valence-corrected chi connectivity index (χ0v) is 18.5. The Bertz CT molecular complexity index is 1240. The highest BCUT2D eigenvalue weighted by molar-refractivity contribution is 6.34. The fourth-order valence-electron chi connectivity index (χ4n) is 3.03. The SMILES string of the molecule is Cc1ccc(NC(=O)/C(=C\c2ccc3c(c2)OCO3)NC(=O)c2ccccc2Cl)cc1Cl. The van der Waals surface area contributed by atoms with Crippen LogP contribution in [0.1, 0.15) is 21.5 Å². The number of carbonyl (C=O) groups excluding carboxylic acids is 2. The minimum Gasteiger partial charge on any atom is -0.454 e. The highest BCUT2D eigenvalue weighted by atomic mass is 35.5. The Kier molecular flexibility index (Phi) is 6.35. The summed E-state index contributed by atoms with van der Waals surface area (Å²) in [6.07, 6.45) is 1.54. The molecule has 2 amide bonds. The van der Waals surface area contributed by atoms with E-state index in [0.29, 0.717) is 27.8 Å². The number of hydrogen-bond donors (Lipinski definition) is 2. The summed E-state index contributed by atoms with van der Waals surface area (Å²) in [5.74, 6) is 0.131. The number of nitrogens with one attached hydrogen (secondary N) is 2. The van der Waals surface area contributed by atoms with Crippen LogP contribution in [0.5, 0.6) is 11.5 Å². The van der Waals surface area contributed by atoms with Crippen LogP contribution in [0.2, 0.25) is 10.0 Å². The number of fused-ring (bicyclic) bond motifs is 1. The molecule has 32 heavy (non-hydrogen) atoms. The molecule has 0 aliphatic carbocycles. The second kappa shape index (κ2) is 9.34. The fraction of sp³-hybridized carbons (Fsp3) is 0.0833. The van der Waals surface area contributed by atoms with Crippen molar-refractivity contribution in [1.29, 1.82) is 0 Å². The van der Waals surface area contributed by atoms with Gasteiger partial charge in [0.2, 0.25) is 6.79 Å². The molecule has 1 heterocycles. The van der Waals surface area contributed by atoms with Crippen LogP contribution < -0.4 is 20.1 Å². The van der Waals surface area contributed by atoms with Crippen LogP contribution in [0.3, 0.4) is 0 Å². The summed E-state index contributed by atoms with van der Waals surface area (Å²) in [6, 6.07) is 17.0. The molecule has 3 aromatic rings. The Balaban J connectivity index is 1.65. The van der Waals surface area contributed by atoms with Gasteiger partial charge < -0.3 is 20.1 Å². The number of halogens is 2. The molecule has 1 aliphatic rings. The predicted octanol–water partition coefficient (Wildman–Crippen LogP) is 5.44. The molecule has 0 atom stereocenters. The minimum atomic E-state index is -0.525. The van der Waals surface area contributed by atoms with E-state index in [1.807, 2.05) is 6.92 Å². The zero-order valence-electron chi connectivity index (χ0n) is 16.9. The highest BCUT2D eigenvalue weighted by Crippen LogP contribution is 2.33. The average molecular weight is 469 g/mol. The van der Waals surface area contributed by atoms with Gasteiger partial charge in [0, 0.05) is 10.7 Å². The van der Waals surface area contributed by atoms with E-state index in [4.69, 9.17) is 32.7 Å². The van der Waals surface area contributed by atoms with E-state index in [0.717, 1.165) is 5.56 Å². The van der Waals surface area contributed by atoms with Gasteiger partial charge in [0.1, 0.15) is 5.70 Å². The van der Waals surface area contributed by atoms with Crippen LogP contribution >= 0.6 is 23.2 Å². The Morgan fingerprint density at radius 3 is 2.50 bits per heavy atom. The number of amides is 2. The summed E-state index contributed by atoms with van der Waals surface area (Å²) < 4.78 is 10.7. The monoisotopic (exact) mass is 468 g/mol. The number of ether oxygens (including phenoxy) is 2. The van der Waals surface area contributed by atoms with E-state index in [9.17, 15) is 9.59 Å². The van der Waals surface area contributed by atoms with Crippen molar-refractivity contribution < 1.29 is 19.1 Å². The molecule has 2 N–H and O–H groups in total. The Morgan fingerprint density at radius 2 is 1.72 bits per heavy atom. The van der Waals surface area contributed by atoms with Crippen molar-refractivity contribution in [2.45, 2.75) is 6.92 Å². The van der Waals surface area contributed by atoms with Crippen molar-refractivity contribution >= 4 is 46.8 Å². The smallest absolute Gasteiger partial charge is 0.272 e. The van der Waals surface area contributed by atoms with Gasteiger partial charge in [0.15, 0.2) is 11.5 Å². The maximum atomic E-state index is 13.1. The second-order valence-corrected chi connectivity index (χ2v) is 7.84. The fourth-order valence-corrected chi connectivity index (χ4v) is 3.43. The normalized spacial score (nSPS) is 12.4. The van der Waals surface area contributed by atoms with Crippen molar-refractivity contribution in [1.82, 2.24) is 5.32 Å². The molecule has 0 saturated heterocycles. The zero-order chi connectivity index (χ0) is 22.7. The molecule has 0 bridgehead atoms. The van der Waals surface area contributed by atoms with Gasteiger partial charge in [-0.25, -0.2) is 0 Å². The molecule has 4 rings (SSSR count). The van der Waals surface area contributed by atoms with E-state index >= 15 is 0 Å². The Labute approximate surface area is 194 Å². The highest BCUT2D eigenvalue weighted by Gasteiger charge is 2.18. The van der Waals surface area contributed by atoms with Gasteiger partial charge in [-0.15, -0.1) is 0 Å². The third-order valence-corrected chi connectivity index (χ3v) is 5.49. The van der Waals surface area contributed by atoms with Crippen molar-refractivity contribution in [2.24, 2.45) is 0 Å². The molecule has 0 unspecified atom stereocenters. The largest absolute Gasteiger partial charge is 0.454 e. The van der Waals surface area contributed by atoms with E-state index in [-0.39, 0.29) is 23.1 Å². The van der Waals surface area contributed by atoms with Crippen LogP contribution in [-0.2, 0) is 4.79 Å². The lowest BCUT2D eigenvalue weighted by Gasteiger charge is -2.13. The molecule has 0 fully saturated rings. The molecule has 0 spiro atoms. The van der Waals surface area contributed by atoms with Gasteiger partial charge in [-0.1, -0.05) is 47.5 Å². The molecule has 3 aromatic carbocycles. The number of carbonyl (C=O) groups is 2. The van der Waals surface area contributed by atoms with Crippen LogP contribution in [0.4, 0.5) is 5.69 Å². The molecule has 8 heteroatoms. The molecule has 0 radical (unpaired) electrons.